The number of amides is 1. The molecule has 2 heterocycles. The highest BCUT2D eigenvalue weighted by molar-refractivity contribution is 7.98. The summed E-state index contributed by atoms with van der Waals surface area (Å²) >= 11 is 1.61. The molecule has 1 amide bonds. The van der Waals surface area contributed by atoms with Crippen LogP contribution in [0.25, 0.3) is 6.08 Å². The average Bonchev–Trinajstić information content (AvgIpc) is 3.15. The summed E-state index contributed by atoms with van der Waals surface area (Å²) in [5.74, 6) is 2.90. The van der Waals surface area contributed by atoms with Crippen molar-refractivity contribution in [3.05, 3.63) is 35.6 Å². The van der Waals surface area contributed by atoms with Gasteiger partial charge in [0.25, 0.3) is 0 Å². The lowest BCUT2D eigenvalue weighted by molar-refractivity contribution is -0.116. The van der Waals surface area contributed by atoms with Crippen LogP contribution in [0.1, 0.15) is 37.6 Å². The molecule has 2 aromatic heterocycles. The summed E-state index contributed by atoms with van der Waals surface area (Å²) in [6.45, 7) is 7.75. The number of thioether (sulfide) groups is 1. The minimum atomic E-state index is -0.123. The van der Waals surface area contributed by atoms with Gasteiger partial charge >= 0.3 is 0 Å². The van der Waals surface area contributed by atoms with Gasteiger partial charge in [-0.15, -0.1) is 10.2 Å². The quantitative estimate of drug-likeness (QED) is 0.421. The Morgan fingerprint density at radius 2 is 2.20 bits per heavy atom. The van der Waals surface area contributed by atoms with Crippen molar-refractivity contribution in [2.24, 2.45) is 5.92 Å². The molecule has 0 aliphatic heterocycles. The Labute approximate surface area is 153 Å². The first-order chi connectivity index (χ1) is 12.0. The minimum Gasteiger partial charge on any atom is -0.462 e. The predicted octanol–water partition coefficient (Wildman–Crippen LogP) is 3.32. The van der Waals surface area contributed by atoms with Crippen LogP contribution < -0.4 is 5.32 Å². The van der Waals surface area contributed by atoms with Gasteiger partial charge in [0.2, 0.25) is 5.91 Å². The number of carbonyl (C=O) groups is 1. The maximum atomic E-state index is 11.8. The molecule has 0 aliphatic rings. The maximum Gasteiger partial charge on any atom is 0.244 e. The van der Waals surface area contributed by atoms with Crippen molar-refractivity contribution in [1.82, 2.24) is 20.1 Å². The van der Waals surface area contributed by atoms with Crippen molar-refractivity contribution < 1.29 is 9.21 Å². The monoisotopic (exact) mass is 362 g/mol. The number of furan rings is 1. The standard InChI is InChI=1S/C18H26N4O2S/c1-13(2)12-22-16(20-21-18(22)25-4)6-5-11-19-17(23)10-9-15-8-7-14(3)24-15/h7-10,13H,5-6,11-12H2,1-4H3,(H,19,23)/b10-9+. The summed E-state index contributed by atoms with van der Waals surface area (Å²) in [6.07, 6.45) is 6.79. The van der Waals surface area contributed by atoms with Crippen molar-refractivity contribution in [2.45, 2.75) is 45.3 Å². The Morgan fingerprint density at radius 3 is 2.84 bits per heavy atom. The van der Waals surface area contributed by atoms with E-state index in [9.17, 15) is 4.79 Å². The van der Waals surface area contributed by atoms with Crippen molar-refractivity contribution in [1.29, 1.82) is 0 Å². The second-order valence-corrected chi connectivity index (χ2v) is 7.06. The summed E-state index contributed by atoms with van der Waals surface area (Å²) in [5, 5.41) is 12.4. The van der Waals surface area contributed by atoms with E-state index in [2.05, 4.69) is 33.9 Å². The van der Waals surface area contributed by atoms with Gasteiger partial charge in [-0.3, -0.25) is 4.79 Å². The molecule has 0 bridgehead atoms. The molecule has 0 aliphatic carbocycles. The number of hydrogen-bond donors (Lipinski definition) is 1. The first kappa shape index (κ1) is 19.3. The molecule has 0 saturated carbocycles. The zero-order valence-electron chi connectivity index (χ0n) is 15.3. The van der Waals surface area contributed by atoms with Gasteiger partial charge < -0.3 is 14.3 Å². The molecular formula is C18H26N4O2S. The van der Waals surface area contributed by atoms with E-state index >= 15 is 0 Å². The van der Waals surface area contributed by atoms with Gasteiger partial charge in [0.15, 0.2) is 5.16 Å². The van der Waals surface area contributed by atoms with Crippen LogP contribution in [-0.4, -0.2) is 33.5 Å². The molecule has 25 heavy (non-hydrogen) atoms. The molecule has 136 valence electrons. The van der Waals surface area contributed by atoms with Crippen LogP contribution in [0.2, 0.25) is 0 Å². The molecule has 0 aromatic carbocycles. The molecule has 1 N–H and O–H groups in total. The Kier molecular flexibility index (Phi) is 7.31. The number of carbonyl (C=O) groups excluding carboxylic acids is 1. The van der Waals surface area contributed by atoms with E-state index in [1.54, 1.807) is 17.8 Å². The molecule has 2 rings (SSSR count). The van der Waals surface area contributed by atoms with E-state index in [-0.39, 0.29) is 5.91 Å². The van der Waals surface area contributed by atoms with Crippen LogP contribution in [-0.2, 0) is 17.8 Å². The SMILES string of the molecule is CSc1nnc(CCCNC(=O)/C=C/c2ccc(C)o2)n1CC(C)C. The lowest BCUT2D eigenvalue weighted by Crippen LogP contribution is -2.23. The fourth-order valence-electron chi connectivity index (χ4n) is 2.42. The Hall–Kier alpha value is -2.02. The highest BCUT2D eigenvalue weighted by atomic mass is 32.2. The van der Waals surface area contributed by atoms with Crippen molar-refractivity contribution in [3.8, 4) is 0 Å². The lowest BCUT2D eigenvalue weighted by atomic mass is 10.2. The zero-order chi connectivity index (χ0) is 18.2. The third kappa shape index (κ3) is 6.08. The highest BCUT2D eigenvalue weighted by Gasteiger charge is 2.12. The molecule has 0 unspecified atom stereocenters. The molecule has 0 radical (unpaired) electrons. The van der Waals surface area contributed by atoms with Crippen LogP contribution >= 0.6 is 11.8 Å². The van der Waals surface area contributed by atoms with Gasteiger partial charge in [0, 0.05) is 25.6 Å². The van der Waals surface area contributed by atoms with E-state index in [1.807, 2.05) is 25.3 Å². The van der Waals surface area contributed by atoms with E-state index < -0.39 is 0 Å². The topological polar surface area (TPSA) is 73.0 Å². The van der Waals surface area contributed by atoms with Gasteiger partial charge in [0.1, 0.15) is 17.3 Å². The van der Waals surface area contributed by atoms with Crippen LogP contribution in [0.4, 0.5) is 0 Å². The van der Waals surface area contributed by atoms with Gasteiger partial charge in [-0.2, -0.15) is 0 Å². The molecule has 0 fully saturated rings. The normalized spacial score (nSPS) is 11.6. The lowest BCUT2D eigenvalue weighted by Gasteiger charge is -2.11. The number of nitrogens with one attached hydrogen (secondary N) is 1. The summed E-state index contributed by atoms with van der Waals surface area (Å²) < 4.78 is 7.57. The summed E-state index contributed by atoms with van der Waals surface area (Å²) in [6, 6.07) is 3.71. The van der Waals surface area contributed by atoms with E-state index in [0.717, 1.165) is 36.1 Å². The molecule has 0 saturated heterocycles. The van der Waals surface area contributed by atoms with Crippen LogP contribution in [0.3, 0.4) is 0 Å². The van der Waals surface area contributed by atoms with Crippen LogP contribution in [0.5, 0.6) is 0 Å². The fourth-order valence-corrected chi connectivity index (χ4v) is 2.94. The molecule has 7 heteroatoms. The number of nitrogens with zero attached hydrogens (tertiary/aromatic N) is 3. The van der Waals surface area contributed by atoms with Crippen LogP contribution in [0.15, 0.2) is 27.8 Å². The van der Waals surface area contributed by atoms with Crippen molar-refractivity contribution >= 4 is 23.7 Å². The molecule has 2 aromatic rings. The van der Waals surface area contributed by atoms with Crippen molar-refractivity contribution in [3.63, 3.8) is 0 Å². The smallest absolute Gasteiger partial charge is 0.244 e. The van der Waals surface area contributed by atoms with Crippen molar-refractivity contribution in [2.75, 3.05) is 12.8 Å². The molecule has 0 spiro atoms. The van der Waals surface area contributed by atoms with Gasteiger partial charge in [-0.05, 0) is 43.7 Å². The first-order valence-corrected chi connectivity index (χ1v) is 9.70. The molecule has 0 atom stereocenters. The number of aromatic nitrogens is 3. The van der Waals surface area contributed by atoms with Crippen LogP contribution in [0, 0.1) is 12.8 Å². The second kappa shape index (κ2) is 9.46. The third-order valence-electron chi connectivity index (χ3n) is 3.56. The Bertz CT molecular complexity index is 718. The maximum absolute atomic E-state index is 11.8. The minimum absolute atomic E-state index is 0.123. The van der Waals surface area contributed by atoms with Gasteiger partial charge in [0.05, 0.1) is 0 Å². The highest BCUT2D eigenvalue weighted by Crippen LogP contribution is 2.16. The fraction of sp³-hybridized carbons (Fsp3) is 0.500. The summed E-state index contributed by atoms with van der Waals surface area (Å²) in [7, 11) is 0. The predicted molar refractivity (Wildman–Crippen MR) is 100 cm³/mol. The zero-order valence-corrected chi connectivity index (χ0v) is 16.1. The van der Waals surface area contributed by atoms with E-state index in [0.29, 0.717) is 18.2 Å². The molecule has 6 nitrogen and oxygen atoms in total. The van der Waals surface area contributed by atoms with E-state index in [1.165, 1.54) is 6.08 Å². The number of rotatable bonds is 9. The first-order valence-electron chi connectivity index (χ1n) is 8.48. The summed E-state index contributed by atoms with van der Waals surface area (Å²) in [5.41, 5.74) is 0. The molecular weight excluding hydrogens is 336 g/mol. The number of aryl methyl sites for hydroxylation is 2. The summed E-state index contributed by atoms with van der Waals surface area (Å²) in [4.78, 5) is 11.8. The van der Waals surface area contributed by atoms with Gasteiger partial charge in [-0.1, -0.05) is 25.6 Å². The second-order valence-electron chi connectivity index (χ2n) is 6.28. The number of hydrogen-bond acceptors (Lipinski definition) is 5. The largest absolute Gasteiger partial charge is 0.462 e. The average molecular weight is 362 g/mol. The Morgan fingerprint density at radius 1 is 1.40 bits per heavy atom. The third-order valence-corrected chi connectivity index (χ3v) is 4.23. The Balaban J connectivity index is 1.78. The van der Waals surface area contributed by atoms with Gasteiger partial charge in [-0.25, -0.2) is 0 Å². The van der Waals surface area contributed by atoms with E-state index in [4.69, 9.17) is 4.42 Å².